The van der Waals surface area contributed by atoms with E-state index < -0.39 is 49.1 Å². The Hall–Kier alpha value is -1.64. The van der Waals surface area contributed by atoms with Crippen LogP contribution in [0.15, 0.2) is 11.3 Å². The van der Waals surface area contributed by atoms with Crippen molar-refractivity contribution >= 4 is 11.7 Å². The van der Waals surface area contributed by atoms with E-state index in [0.29, 0.717) is 30.2 Å². The molecule has 2 saturated carbocycles. The third kappa shape index (κ3) is 3.82. The number of aliphatic hydroxyl groups excluding tert-OH is 4. The minimum Gasteiger partial charge on any atom is -0.394 e. The van der Waals surface area contributed by atoms with E-state index in [-0.39, 0.29) is 12.0 Å². The molecule has 0 radical (unpaired) electrons. The van der Waals surface area contributed by atoms with Crippen LogP contribution in [0, 0.1) is 5.92 Å². The lowest BCUT2D eigenvalue weighted by atomic mass is 9.83. The van der Waals surface area contributed by atoms with E-state index in [0.717, 1.165) is 32.1 Å². The molecule has 196 valence electrons. The molecule has 1 aromatic heterocycles. The molecule has 2 aliphatic heterocycles. The van der Waals surface area contributed by atoms with Crippen LogP contribution in [0.1, 0.15) is 63.0 Å². The summed E-state index contributed by atoms with van der Waals surface area (Å²) < 4.78 is 19.2. The summed E-state index contributed by atoms with van der Waals surface area (Å²) >= 11 is 0. The Morgan fingerprint density at radius 1 is 1.14 bits per heavy atom. The average Bonchev–Trinajstić information content (AvgIpc) is 3.55. The predicted molar refractivity (Wildman–Crippen MR) is 123 cm³/mol. The molecule has 1 aromatic rings. The number of hydrogen-bond donors (Lipinski definition) is 5. The first kappa shape index (κ1) is 25.0. The number of hydrogen-bond acceptors (Lipinski definition) is 11. The van der Waals surface area contributed by atoms with Crippen molar-refractivity contribution in [3.05, 3.63) is 12.0 Å². The van der Waals surface area contributed by atoms with Gasteiger partial charge in [-0.15, -0.1) is 0 Å². The van der Waals surface area contributed by atoms with Gasteiger partial charge in [0.2, 0.25) is 0 Å². The number of amidine groups is 1. The van der Waals surface area contributed by atoms with E-state index in [1.165, 1.54) is 6.33 Å². The van der Waals surface area contributed by atoms with Gasteiger partial charge in [-0.3, -0.25) is 4.57 Å². The molecule has 9 atom stereocenters. The lowest BCUT2D eigenvalue weighted by Crippen LogP contribution is -2.63. The maximum absolute atomic E-state index is 11.1. The molecule has 12 heteroatoms. The second-order valence-electron chi connectivity index (χ2n) is 10.00. The molecule has 0 aromatic carbocycles. The summed E-state index contributed by atoms with van der Waals surface area (Å²) in [5.41, 5.74) is 6.26. The van der Waals surface area contributed by atoms with Gasteiger partial charge in [-0.2, -0.15) is 0 Å². The zero-order valence-electron chi connectivity index (χ0n) is 20.2. The number of nitrogens with zero attached hydrogens (tertiary/aromatic N) is 4. The first-order chi connectivity index (χ1) is 16.9. The van der Waals surface area contributed by atoms with Crippen molar-refractivity contribution in [1.82, 2.24) is 14.5 Å². The molecule has 0 spiro atoms. The predicted octanol–water partition coefficient (Wildman–Crippen LogP) is -0.110. The summed E-state index contributed by atoms with van der Waals surface area (Å²) in [6.07, 6.45) is 1.20. The highest BCUT2D eigenvalue weighted by molar-refractivity contribution is 5.90. The molecule has 12 nitrogen and oxygen atoms in total. The minimum atomic E-state index is -1.28. The highest BCUT2D eigenvalue weighted by Crippen LogP contribution is 2.47. The Kier molecular flexibility index (Phi) is 6.92. The summed E-state index contributed by atoms with van der Waals surface area (Å²) in [6, 6.07) is 0. The number of aromatic nitrogens is 2. The van der Waals surface area contributed by atoms with Gasteiger partial charge in [-0.05, 0) is 32.1 Å². The summed E-state index contributed by atoms with van der Waals surface area (Å²) in [6.45, 7) is -0.431. The molecule has 4 aliphatic rings. The Morgan fingerprint density at radius 2 is 1.91 bits per heavy atom. The molecule has 3 heterocycles. The molecule has 0 bridgehead atoms. The fourth-order valence-electron chi connectivity index (χ4n) is 6.34. The molecule has 6 N–H and O–H groups in total. The van der Waals surface area contributed by atoms with Gasteiger partial charge in [0.05, 0.1) is 19.0 Å². The van der Waals surface area contributed by atoms with Crippen LogP contribution in [-0.2, 0) is 14.2 Å². The van der Waals surface area contributed by atoms with Crippen LogP contribution >= 0.6 is 0 Å². The van der Waals surface area contributed by atoms with Gasteiger partial charge in [0, 0.05) is 20.1 Å². The second-order valence-corrected chi connectivity index (χ2v) is 10.00. The number of imidazole rings is 1. The van der Waals surface area contributed by atoms with Crippen LogP contribution < -0.4 is 5.73 Å². The fraction of sp³-hybridized carbons (Fsp3) is 0.826. The van der Waals surface area contributed by atoms with Crippen LogP contribution in [-0.4, -0.2) is 97.8 Å². The molecule has 7 unspecified atom stereocenters. The summed E-state index contributed by atoms with van der Waals surface area (Å²) in [5.74, 6) is 0.993. The van der Waals surface area contributed by atoms with Crippen molar-refractivity contribution in [1.29, 1.82) is 0 Å². The molecular weight excluding hydrogens is 458 g/mol. The third-order valence-corrected chi connectivity index (χ3v) is 8.24. The van der Waals surface area contributed by atoms with Crippen molar-refractivity contribution in [2.24, 2.45) is 16.6 Å². The third-order valence-electron chi connectivity index (χ3n) is 8.24. The molecule has 35 heavy (non-hydrogen) atoms. The summed E-state index contributed by atoms with van der Waals surface area (Å²) in [4.78, 5) is 11.4. The van der Waals surface area contributed by atoms with E-state index >= 15 is 0 Å². The zero-order valence-corrected chi connectivity index (χ0v) is 20.2. The molecular formula is C23H37N5O7. The average molecular weight is 496 g/mol. The van der Waals surface area contributed by atoms with Gasteiger partial charge in [0.25, 0.3) is 0 Å². The number of rotatable bonds is 6. The van der Waals surface area contributed by atoms with E-state index in [1.54, 1.807) is 18.8 Å². The first-order valence-corrected chi connectivity index (χ1v) is 12.5. The van der Waals surface area contributed by atoms with Gasteiger partial charge in [-0.1, -0.05) is 12.8 Å². The Balaban J connectivity index is 1.62. The number of aliphatic hydroxyl groups is 4. The first-order valence-electron chi connectivity index (χ1n) is 12.5. The smallest absolute Gasteiger partial charge is 0.169 e. The monoisotopic (exact) mass is 495 g/mol. The normalized spacial score (nSPS) is 41.8. The molecule has 1 saturated heterocycles. The topological polar surface area (TPSA) is 168 Å². The number of nitrogens with two attached hydrogens (primary N) is 1. The molecule has 5 rings (SSSR count). The van der Waals surface area contributed by atoms with Gasteiger partial charge >= 0.3 is 0 Å². The Morgan fingerprint density at radius 3 is 2.54 bits per heavy atom. The molecule has 3 fully saturated rings. The van der Waals surface area contributed by atoms with E-state index in [4.69, 9.17) is 24.9 Å². The standard InChI is InChI=1S/C23H37N5O7/c1-33-13-7-4-3-6-12(13)20-26-21-16(19(24)28(20)23(34-2)9-5-8-15(23)30)25-11-27(21)22-18(32)17(31)14(10-29)35-22/h11-15,17-19,22,29-32H,3-10,24H2,1-2H3/t12?,13?,14-,15?,17?,18?,19?,22-,23?/m1/s1. The van der Waals surface area contributed by atoms with E-state index in [2.05, 4.69) is 4.98 Å². The van der Waals surface area contributed by atoms with Gasteiger partial charge < -0.3 is 45.3 Å². The number of methoxy groups -OCH3 is 2. The van der Waals surface area contributed by atoms with Gasteiger partial charge in [-0.25, -0.2) is 9.98 Å². The number of aliphatic imine (C=N–C) groups is 1. The SMILES string of the molecule is COC1CCCCC1C1=Nc2c(ncn2[C@@H]2O[C@H](CO)C(O)C2O)C(N)N1C1(OC)CCCC1O. The van der Waals surface area contributed by atoms with E-state index in [9.17, 15) is 20.4 Å². The zero-order chi connectivity index (χ0) is 24.9. The molecule has 2 aliphatic carbocycles. The lowest BCUT2D eigenvalue weighted by molar-refractivity contribution is -0.173. The van der Waals surface area contributed by atoms with Crippen LogP contribution in [0.4, 0.5) is 5.82 Å². The van der Waals surface area contributed by atoms with Crippen molar-refractivity contribution in [2.75, 3.05) is 20.8 Å². The molecule has 0 amide bonds. The van der Waals surface area contributed by atoms with Crippen LogP contribution in [0.25, 0.3) is 0 Å². The summed E-state index contributed by atoms with van der Waals surface area (Å²) in [5, 5.41) is 41.5. The number of fused-ring (bicyclic) bond motifs is 1. The lowest BCUT2D eigenvalue weighted by Gasteiger charge is -2.50. The summed E-state index contributed by atoms with van der Waals surface area (Å²) in [7, 11) is 3.28. The highest BCUT2D eigenvalue weighted by Gasteiger charge is 2.55. The van der Waals surface area contributed by atoms with Crippen molar-refractivity contribution in [2.45, 2.75) is 93.6 Å². The maximum Gasteiger partial charge on any atom is 0.169 e. The van der Waals surface area contributed by atoms with Crippen molar-refractivity contribution < 1.29 is 34.6 Å². The largest absolute Gasteiger partial charge is 0.394 e. The van der Waals surface area contributed by atoms with Crippen LogP contribution in [0.2, 0.25) is 0 Å². The van der Waals surface area contributed by atoms with Crippen LogP contribution in [0.3, 0.4) is 0 Å². The highest BCUT2D eigenvalue weighted by atomic mass is 16.6. The van der Waals surface area contributed by atoms with Crippen molar-refractivity contribution in [3.8, 4) is 0 Å². The fourth-order valence-corrected chi connectivity index (χ4v) is 6.34. The second kappa shape index (κ2) is 9.67. The maximum atomic E-state index is 11.1. The van der Waals surface area contributed by atoms with Crippen LogP contribution in [0.5, 0.6) is 0 Å². The van der Waals surface area contributed by atoms with Gasteiger partial charge in [0.15, 0.2) is 17.8 Å². The minimum absolute atomic E-state index is 0.0727. The quantitative estimate of drug-likeness (QED) is 0.359. The van der Waals surface area contributed by atoms with Crippen molar-refractivity contribution in [3.63, 3.8) is 0 Å². The van der Waals surface area contributed by atoms with E-state index in [1.807, 2.05) is 4.90 Å². The Bertz CT molecular complexity index is 943. The Labute approximate surface area is 204 Å². The number of ether oxygens (including phenoxy) is 3. The van der Waals surface area contributed by atoms with Gasteiger partial charge in [0.1, 0.15) is 42.1 Å².